The average molecular weight is 747 g/mol. The maximum atomic E-state index is 15.1. The van der Waals surface area contributed by atoms with Crippen molar-refractivity contribution in [2.45, 2.75) is 36.2 Å². The summed E-state index contributed by atoms with van der Waals surface area (Å²) in [6.45, 7) is 0.942. The smallest absolute Gasteiger partial charge is 0.324 e. The molecule has 0 saturated carbocycles. The van der Waals surface area contributed by atoms with Gasteiger partial charge in [0.15, 0.2) is 0 Å². The first-order valence-electron chi connectivity index (χ1n) is 18.7. The number of fused-ring (bicyclic) bond motifs is 3. The molecule has 0 radical (unpaired) electrons. The number of amides is 2. The number of carbonyl (C=O) groups is 3. The minimum atomic E-state index is -1.73. The van der Waals surface area contributed by atoms with Crippen LogP contribution >= 0.6 is 0 Å². The Morgan fingerprint density at radius 1 is 0.893 bits per heavy atom. The number of nitrogens with one attached hydrogen (secondary N) is 1. The van der Waals surface area contributed by atoms with Crippen LogP contribution in [0, 0.1) is 17.8 Å². The van der Waals surface area contributed by atoms with Crippen LogP contribution in [0.1, 0.15) is 51.6 Å². The molecule has 5 aromatic rings. The summed E-state index contributed by atoms with van der Waals surface area (Å²) in [5.41, 5.74) is 9.59. The number of aliphatic hydroxyl groups excluding tert-OH is 1. The molecule has 1 spiro atoms. The molecule has 56 heavy (non-hydrogen) atoms. The van der Waals surface area contributed by atoms with Crippen LogP contribution in [-0.2, 0) is 31.1 Å². The lowest BCUT2D eigenvalue weighted by Crippen LogP contribution is -2.53. The number of cyclic esters (lactones) is 1. The fourth-order valence-corrected chi connectivity index (χ4v) is 8.89. The third-order valence-corrected chi connectivity index (χ3v) is 11.1. The number of rotatable bonds is 10. The molecule has 0 aliphatic carbocycles. The molecule has 2 amide bonds. The molecule has 6 atom stereocenters. The van der Waals surface area contributed by atoms with Gasteiger partial charge in [0.1, 0.15) is 29.9 Å². The standard InChI is InChI=1S/C46H42N4O6/c1-49(29-31-14-5-2-6-15-31)25-13-16-30-23-24-36-35(28-30)46(45(54)48-36)38(43(47)52)40-44(53)56-41(33-19-9-4-10-20-33)39(32-17-7-3-8-18-32)50(40)42(46)34-21-11-12-22-37(34)55-27-26-51/h2-12,14-15,17-24,28,38-42,51H,25-27,29H2,1H3,(H2,47,52)(H,48,54). The van der Waals surface area contributed by atoms with E-state index in [1.807, 2.05) is 115 Å². The molecule has 3 heterocycles. The molecule has 10 heteroatoms. The van der Waals surface area contributed by atoms with Gasteiger partial charge < -0.3 is 25.6 Å². The molecule has 6 unspecified atom stereocenters. The Labute approximate surface area is 325 Å². The van der Waals surface area contributed by atoms with Crippen molar-refractivity contribution in [3.8, 4) is 17.6 Å². The molecule has 0 aromatic heterocycles. The van der Waals surface area contributed by atoms with Gasteiger partial charge in [-0.25, -0.2) is 0 Å². The van der Waals surface area contributed by atoms with Gasteiger partial charge in [-0.05, 0) is 53.6 Å². The van der Waals surface area contributed by atoms with E-state index < -0.39 is 53.3 Å². The Hall–Kier alpha value is -6.25. The van der Waals surface area contributed by atoms with Crippen LogP contribution in [0.4, 0.5) is 5.69 Å². The Kier molecular flexibility index (Phi) is 10.1. The van der Waals surface area contributed by atoms with Crippen molar-refractivity contribution in [2.75, 3.05) is 32.1 Å². The van der Waals surface area contributed by atoms with Gasteiger partial charge in [0, 0.05) is 23.4 Å². The number of carbonyl (C=O) groups excluding carboxylic acids is 3. The van der Waals surface area contributed by atoms with Gasteiger partial charge in [0.05, 0.1) is 31.2 Å². The molecular formula is C46H42N4O6. The van der Waals surface area contributed by atoms with E-state index in [1.165, 1.54) is 5.56 Å². The van der Waals surface area contributed by atoms with Crippen molar-refractivity contribution in [1.29, 1.82) is 0 Å². The van der Waals surface area contributed by atoms with Crippen molar-refractivity contribution < 1.29 is 29.0 Å². The molecule has 0 bridgehead atoms. The maximum Gasteiger partial charge on any atom is 0.324 e. The molecule has 3 aliphatic heterocycles. The quantitative estimate of drug-likeness (QED) is 0.130. The molecule has 3 aliphatic rings. The molecule has 2 saturated heterocycles. The lowest BCUT2D eigenvalue weighted by molar-refractivity contribution is -0.178. The second-order valence-corrected chi connectivity index (χ2v) is 14.5. The van der Waals surface area contributed by atoms with E-state index in [2.05, 4.69) is 34.2 Å². The van der Waals surface area contributed by atoms with Crippen LogP contribution in [0.25, 0.3) is 0 Å². The van der Waals surface area contributed by atoms with Crippen LogP contribution in [-0.4, -0.2) is 65.5 Å². The highest BCUT2D eigenvalue weighted by atomic mass is 16.6. The molecule has 5 aromatic carbocycles. The number of hydrogen-bond donors (Lipinski definition) is 3. The summed E-state index contributed by atoms with van der Waals surface area (Å²) >= 11 is 0. The maximum absolute atomic E-state index is 15.1. The number of primary amides is 1. The number of hydrogen-bond acceptors (Lipinski definition) is 8. The van der Waals surface area contributed by atoms with Crippen molar-refractivity contribution in [3.05, 3.63) is 167 Å². The lowest BCUT2D eigenvalue weighted by atomic mass is 9.65. The van der Waals surface area contributed by atoms with Crippen LogP contribution in [0.2, 0.25) is 0 Å². The van der Waals surface area contributed by atoms with E-state index in [9.17, 15) is 14.7 Å². The SMILES string of the molecule is CN(CC#Cc1ccc2c(c1)C1(C(=O)N2)C(C(N)=O)C2C(=O)OC(c3ccccc3)C(c3ccccc3)N2C1c1ccccc1OCCO)Cc1ccccc1. The number of esters is 1. The average Bonchev–Trinajstić information content (AvgIpc) is 3.69. The first kappa shape index (κ1) is 36.7. The number of benzene rings is 5. The summed E-state index contributed by atoms with van der Waals surface area (Å²) in [6, 6.07) is 39.0. The second kappa shape index (κ2) is 15.5. The summed E-state index contributed by atoms with van der Waals surface area (Å²) in [4.78, 5) is 48.0. The third-order valence-electron chi connectivity index (χ3n) is 11.1. The van der Waals surface area contributed by atoms with Gasteiger partial charge in [-0.15, -0.1) is 0 Å². The second-order valence-electron chi connectivity index (χ2n) is 14.5. The number of anilines is 1. The van der Waals surface area contributed by atoms with E-state index >= 15 is 4.79 Å². The number of ether oxygens (including phenoxy) is 2. The van der Waals surface area contributed by atoms with Gasteiger partial charge in [-0.1, -0.05) is 121 Å². The fraction of sp³-hybridized carbons (Fsp3) is 0.239. The van der Waals surface area contributed by atoms with E-state index in [0.717, 1.165) is 17.7 Å². The zero-order chi connectivity index (χ0) is 38.8. The van der Waals surface area contributed by atoms with Gasteiger partial charge in [0.25, 0.3) is 0 Å². The van der Waals surface area contributed by atoms with E-state index in [4.69, 9.17) is 15.2 Å². The predicted molar refractivity (Wildman–Crippen MR) is 211 cm³/mol. The van der Waals surface area contributed by atoms with E-state index in [0.29, 0.717) is 34.7 Å². The summed E-state index contributed by atoms with van der Waals surface area (Å²) < 4.78 is 12.5. The topological polar surface area (TPSA) is 134 Å². The monoisotopic (exact) mass is 746 g/mol. The van der Waals surface area contributed by atoms with Crippen molar-refractivity contribution in [2.24, 2.45) is 11.7 Å². The fourth-order valence-electron chi connectivity index (χ4n) is 8.89. The minimum Gasteiger partial charge on any atom is -0.491 e. The lowest BCUT2D eigenvalue weighted by Gasteiger charge is -2.46. The Morgan fingerprint density at radius 2 is 1.55 bits per heavy atom. The van der Waals surface area contributed by atoms with Crippen molar-refractivity contribution >= 4 is 23.5 Å². The van der Waals surface area contributed by atoms with E-state index in [1.54, 1.807) is 18.2 Å². The molecule has 4 N–H and O–H groups in total. The van der Waals surface area contributed by atoms with Crippen molar-refractivity contribution in [1.82, 2.24) is 9.80 Å². The molecule has 10 nitrogen and oxygen atoms in total. The van der Waals surface area contributed by atoms with Crippen LogP contribution in [0.15, 0.2) is 133 Å². The predicted octanol–water partition coefficient (Wildman–Crippen LogP) is 5.30. The minimum absolute atomic E-state index is 0.0164. The largest absolute Gasteiger partial charge is 0.491 e. The Balaban J connectivity index is 1.33. The first-order valence-corrected chi connectivity index (χ1v) is 18.7. The zero-order valence-electron chi connectivity index (χ0n) is 30.9. The summed E-state index contributed by atoms with van der Waals surface area (Å²) in [6.07, 6.45) is -0.812. The number of aliphatic hydroxyl groups is 1. The van der Waals surface area contributed by atoms with Crippen LogP contribution in [0.3, 0.4) is 0 Å². The Bertz CT molecular complexity index is 2310. The summed E-state index contributed by atoms with van der Waals surface area (Å²) in [5, 5.41) is 12.9. The van der Waals surface area contributed by atoms with E-state index in [-0.39, 0.29) is 13.2 Å². The summed E-state index contributed by atoms with van der Waals surface area (Å²) in [5.74, 6) is 3.63. The molecule has 2 fully saturated rings. The molecule has 282 valence electrons. The normalized spacial score (nSPS) is 23.8. The highest BCUT2D eigenvalue weighted by Gasteiger charge is 2.74. The first-order chi connectivity index (χ1) is 27.3. The van der Waals surface area contributed by atoms with Gasteiger partial charge in [-0.3, -0.25) is 24.2 Å². The van der Waals surface area contributed by atoms with Crippen LogP contribution in [0.5, 0.6) is 5.75 Å². The number of morpholine rings is 1. The van der Waals surface area contributed by atoms with Gasteiger partial charge in [0.2, 0.25) is 11.8 Å². The number of nitrogens with two attached hydrogens (primary N) is 1. The Morgan fingerprint density at radius 3 is 2.25 bits per heavy atom. The van der Waals surface area contributed by atoms with Gasteiger partial charge in [-0.2, -0.15) is 0 Å². The summed E-state index contributed by atoms with van der Waals surface area (Å²) in [7, 11) is 2.00. The third kappa shape index (κ3) is 6.39. The van der Waals surface area contributed by atoms with Crippen molar-refractivity contribution in [3.63, 3.8) is 0 Å². The highest BCUT2D eigenvalue weighted by Crippen LogP contribution is 2.65. The molecule has 8 rings (SSSR count). The zero-order valence-corrected chi connectivity index (χ0v) is 30.9. The highest BCUT2D eigenvalue weighted by molar-refractivity contribution is 6.12. The number of para-hydroxylation sites is 1. The number of nitrogens with zero attached hydrogens (tertiary/aromatic N) is 2. The molecular weight excluding hydrogens is 705 g/mol. The van der Waals surface area contributed by atoms with Crippen LogP contribution < -0.4 is 15.8 Å². The van der Waals surface area contributed by atoms with Gasteiger partial charge >= 0.3 is 5.97 Å².